The summed E-state index contributed by atoms with van der Waals surface area (Å²) >= 11 is 2.09. The number of rotatable bonds is 6. The molecule has 1 rings (SSSR count). The van der Waals surface area contributed by atoms with E-state index in [1.807, 2.05) is 0 Å². The van der Waals surface area contributed by atoms with Crippen LogP contribution in [0.25, 0.3) is 0 Å². The molecular formula is C12H26N2S. The van der Waals surface area contributed by atoms with Gasteiger partial charge in [-0.15, -0.1) is 0 Å². The Kier molecular flexibility index (Phi) is 6.69. The highest BCUT2D eigenvalue weighted by Gasteiger charge is 2.16. The van der Waals surface area contributed by atoms with E-state index in [2.05, 4.69) is 42.7 Å². The average Bonchev–Trinajstić information content (AvgIpc) is 2.29. The lowest BCUT2D eigenvalue weighted by atomic mass is 10.1. The van der Waals surface area contributed by atoms with Crippen LogP contribution in [0, 0.1) is 5.92 Å². The van der Waals surface area contributed by atoms with Crippen LogP contribution in [0.1, 0.15) is 27.2 Å². The minimum Gasteiger partial charge on any atom is -0.311 e. The smallest absolute Gasteiger partial charge is 0.0285 e. The van der Waals surface area contributed by atoms with Crippen LogP contribution >= 0.6 is 11.8 Å². The zero-order chi connectivity index (χ0) is 11.1. The predicted octanol–water partition coefficient (Wildman–Crippen LogP) is 2.06. The van der Waals surface area contributed by atoms with Crippen LogP contribution in [0.15, 0.2) is 0 Å². The summed E-state index contributed by atoms with van der Waals surface area (Å²) in [4.78, 5) is 2.59. The van der Waals surface area contributed by atoms with Crippen molar-refractivity contribution in [3.8, 4) is 0 Å². The fraction of sp³-hybridized carbons (Fsp3) is 1.00. The van der Waals surface area contributed by atoms with Crippen molar-refractivity contribution in [1.82, 2.24) is 10.2 Å². The second-order valence-corrected chi connectivity index (χ2v) is 5.74. The van der Waals surface area contributed by atoms with Crippen molar-refractivity contribution < 1.29 is 0 Å². The van der Waals surface area contributed by atoms with Crippen LogP contribution in [0.5, 0.6) is 0 Å². The van der Waals surface area contributed by atoms with E-state index in [1.54, 1.807) is 0 Å². The summed E-state index contributed by atoms with van der Waals surface area (Å²) < 4.78 is 0. The molecule has 1 aliphatic heterocycles. The van der Waals surface area contributed by atoms with Crippen molar-refractivity contribution in [3.05, 3.63) is 0 Å². The maximum absolute atomic E-state index is 3.61. The molecule has 1 fully saturated rings. The molecule has 0 amide bonds. The third kappa shape index (κ3) is 5.23. The molecule has 1 aliphatic rings. The van der Waals surface area contributed by atoms with Crippen LogP contribution in [0.3, 0.4) is 0 Å². The highest BCUT2D eigenvalue weighted by atomic mass is 32.2. The summed E-state index contributed by atoms with van der Waals surface area (Å²) in [5.41, 5.74) is 0. The lowest BCUT2D eigenvalue weighted by Crippen LogP contribution is -2.46. The van der Waals surface area contributed by atoms with Crippen LogP contribution in [0.2, 0.25) is 0 Å². The van der Waals surface area contributed by atoms with Gasteiger partial charge in [-0.1, -0.05) is 27.2 Å². The first-order valence-electron chi connectivity index (χ1n) is 6.29. The van der Waals surface area contributed by atoms with Crippen molar-refractivity contribution in [3.63, 3.8) is 0 Å². The van der Waals surface area contributed by atoms with Gasteiger partial charge in [-0.3, -0.25) is 0 Å². The fourth-order valence-electron chi connectivity index (χ4n) is 1.95. The number of thioether (sulfide) groups is 1. The second-order valence-electron chi connectivity index (χ2n) is 4.59. The van der Waals surface area contributed by atoms with Gasteiger partial charge in [0.15, 0.2) is 0 Å². The molecule has 1 heterocycles. The molecule has 0 bridgehead atoms. The van der Waals surface area contributed by atoms with Crippen LogP contribution < -0.4 is 5.32 Å². The number of hydrogen-bond acceptors (Lipinski definition) is 3. The van der Waals surface area contributed by atoms with Gasteiger partial charge < -0.3 is 10.2 Å². The Morgan fingerprint density at radius 2 is 2.27 bits per heavy atom. The molecule has 1 N–H and O–H groups in total. The van der Waals surface area contributed by atoms with Crippen molar-refractivity contribution in [2.75, 3.05) is 37.7 Å². The Balaban J connectivity index is 2.25. The third-order valence-corrected chi connectivity index (χ3v) is 4.32. The topological polar surface area (TPSA) is 15.3 Å². The molecule has 0 aromatic carbocycles. The number of hydrogen-bond donors (Lipinski definition) is 1. The summed E-state index contributed by atoms with van der Waals surface area (Å²) in [6.45, 7) is 11.8. The van der Waals surface area contributed by atoms with E-state index in [4.69, 9.17) is 0 Å². The quantitative estimate of drug-likeness (QED) is 0.752. The summed E-state index contributed by atoms with van der Waals surface area (Å²) in [7, 11) is 0. The predicted molar refractivity (Wildman–Crippen MR) is 70.7 cm³/mol. The van der Waals surface area contributed by atoms with Crippen molar-refractivity contribution in [2.45, 2.75) is 33.2 Å². The average molecular weight is 230 g/mol. The second kappa shape index (κ2) is 7.53. The lowest BCUT2D eigenvalue weighted by molar-refractivity contribution is 0.226. The number of nitrogens with one attached hydrogen (secondary N) is 1. The SMILES string of the molecule is CCC(C)CN(CC)CC1CSCCN1. The fourth-order valence-corrected chi connectivity index (χ4v) is 2.89. The molecule has 2 nitrogen and oxygen atoms in total. The maximum atomic E-state index is 3.61. The Hall–Kier alpha value is 0.270. The Bertz CT molecular complexity index is 158. The van der Waals surface area contributed by atoms with E-state index < -0.39 is 0 Å². The highest BCUT2D eigenvalue weighted by Crippen LogP contribution is 2.10. The van der Waals surface area contributed by atoms with E-state index in [0.29, 0.717) is 6.04 Å². The van der Waals surface area contributed by atoms with Gasteiger partial charge in [0.05, 0.1) is 0 Å². The largest absolute Gasteiger partial charge is 0.311 e. The number of nitrogens with zero attached hydrogens (tertiary/aromatic N) is 1. The van der Waals surface area contributed by atoms with Gasteiger partial charge in [0, 0.05) is 37.2 Å². The van der Waals surface area contributed by atoms with Gasteiger partial charge in [0.25, 0.3) is 0 Å². The summed E-state index contributed by atoms with van der Waals surface area (Å²) in [6, 6.07) is 0.716. The molecule has 1 saturated heterocycles. The summed E-state index contributed by atoms with van der Waals surface area (Å²) in [5, 5.41) is 3.61. The standard InChI is InChI=1S/C12H26N2S/c1-4-11(3)8-14(5-2)9-12-10-15-7-6-13-12/h11-13H,4-10H2,1-3H3. The van der Waals surface area contributed by atoms with Crippen LogP contribution in [0.4, 0.5) is 0 Å². The van der Waals surface area contributed by atoms with Gasteiger partial charge in [0.2, 0.25) is 0 Å². The zero-order valence-electron chi connectivity index (χ0n) is 10.5. The summed E-state index contributed by atoms with van der Waals surface area (Å²) in [6.07, 6.45) is 1.29. The first kappa shape index (κ1) is 13.3. The van der Waals surface area contributed by atoms with Crippen molar-refractivity contribution >= 4 is 11.8 Å². The van der Waals surface area contributed by atoms with E-state index in [1.165, 1.54) is 44.1 Å². The molecule has 2 unspecified atom stereocenters. The molecule has 2 atom stereocenters. The third-order valence-electron chi connectivity index (χ3n) is 3.19. The molecule has 0 aromatic heterocycles. The van der Waals surface area contributed by atoms with Crippen LogP contribution in [-0.2, 0) is 0 Å². The van der Waals surface area contributed by atoms with Gasteiger partial charge in [-0.25, -0.2) is 0 Å². The molecule has 0 spiro atoms. The molecule has 0 aliphatic carbocycles. The van der Waals surface area contributed by atoms with Crippen molar-refractivity contribution in [2.24, 2.45) is 5.92 Å². The van der Waals surface area contributed by atoms with E-state index >= 15 is 0 Å². The minimum absolute atomic E-state index is 0.716. The zero-order valence-corrected chi connectivity index (χ0v) is 11.3. The monoisotopic (exact) mass is 230 g/mol. The highest BCUT2D eigenvalue weighted by molar-refractivity contribution is 7.99. The Labute approximate surface area is 99.2 Å². The van der Waals surface area contributed by atoms with Gasteiger partial charge in [-0.05, 0) is 12.5 Å². The maximum Gasteiger partial charge on any atom is 0.0285 e. The first-order valence-corrected chi connectivity index (χ1v) is 7.45. The van der Waals surface area contributed by atoms with E-state index in [0.717, 1.165) is 5.92 Å². The molecule has 0 aromatic rings. The minimum atomic E-state index is 0.716. The number of likely N-dealkylation sites (N-methyl/N-ethyl adjacent to an activating group) is 1. The summed E-state index contributed by atoms with van der Waals surface area (Å²) in [5.74, 6) is 3.41. The van der Waals surface area contributed by atoms with Gasteiger partial charge in [0.1, 0.15) is 0 Å². The van der Waals surface area contributed by atoms with Crippen LogP contribution in [-0.4, -0.2) is 48.6 Å². The van der Waals surface area contributed by atoms with Crippen molar-refractivity contribution in [1.29, 1.82) is 0 Å². The first-order chi connectivity index (χ1) is 7.26. The van der Waals surface area contributed by atoms with E-state index in [-0.39, 0.29) is 0 Å². The van der Waals surface area contributed by atoms with Gasteiger partial charge >= 0.3 is 0 Å². The molecule has 90 valence electrons. The normalized spacial score (nSPS) is 24.4. The molecule has 0 saturated carbocycles. The van der Waals surface area contributed by atoms with E-state index in [9.17, 15) is 0 Å². The molecule has 15 heavy (non-hydrogen) atoms. The molecule has 0 radical (unpaired) electrons. The Morgan fingerprint density at radius 3 is 2.80 bits per heavy atom. The molecule has 3 heteroatoms. The lowest BCUT2D eigenvalue weighted by Gasteiger charge is -2.31. The molecular weight excluding hydrogens is 204 g/mol. The Morgan fingerprint density at radius 1 is 1.47 bits per heavy atom. The van der Waals surface area contributed by atoms with Gasteiger partial charge in [-0.2, -0.15) is 11.8 Å².